The van der Waals surface area contributed by atoms with E-state index < -0.39 is 0 Å². The molecule has 0 aliphatic carbocycles. The maximum absolute atomic E-state index is 12.3. The fourth-order valence-electron chi connectivity index (χ4n) is 3.10. The first-order chi connectivity index (χ1) is 12.0. The molecule has 7 heteroatoms. The Morgan fingerprint density at radius 3 is 3.04 bits per heavy atom. The number of amides is 3. The van der Waals surface area contributed by atoms with Crippen LogP contribution in [0.4, 0.5) is 16.2 Å². The highest BCUT2D eigenvalue weighted by Crippen LogP contribution is 2.33. The quantitative estimate of drug-likeness (QED) is 0.888. The number of ether oxygens (including phenoxy) is 2. The largest absolute Gasteiger partial charge is 0.482 e. The number of rotatable bonds is 5. The van der Waals surface area contributed by atoms with E-state index in [4.69, 9.17) is 9.47 Å². The van der Waals surface area contributed by atoms with Gasteiger partial charge in [-0.25, -0.2) is 4.79 Å². The number of nitrogens with one attached hydrogen (secondary N) is 1. The number of nitrogens with zero attached hydrogens (tertiary/aromatic N) is 2. The Kier molecular flexibility index (Phi) is 5.43. The van der Waals surface area contributed by atoms with Gasteiger partial charge in [0.05, 0.1) is 11.8 Å². The van der Waals surface area contributed by atoms with Gasteiger partial charge in [-0.05, 0) is 43.9 Å². The van der Waals surface area contributed by atoms with Crippen LogP contribution in [-0.2, 0) is 9.53 Å². The molecule has 0 saturated carbocycles. The van der Waals surface area contributed by atoms with Crippen molar-refractivity contribution in [1.29, 1.82) is 0 Å². The van der Waals surface area contributed by atoms with Crippen molar-refractivity contribution in [2.24, 2.45) is 0 Å². The molecular weight excluding hydrogens is 322 g/mol. The second kappa shape index (κ2) is 7.74. The zero-order chi connectivity index (χ0) is 17.8. The van der Waals surface area contributed by atoms with Crippen molar-refractivity contribution in [3.8, 4) is 5.75 Å². The fourth-order valence-corrected chi connectivity index (χ4v) is 3.10. The summed E-state index contributed by atoms with van der Waals surface area (Å²) in [5.74, 6) is 0.534. The first kappa shape index (κ1) is 17.5. The lowest BCUT2D eigenvalue weighted by Crippen LogP contribution is -2.36. The molecule has 0 radical (unpaired) electrons. The van der Waals surface area contributed by atoms with Gasteiger partial charge in [-0.3, -0.25) is 4.79 Å². The molecule has 25 heavy (non-hydrogen) atoms. The standard InChI is InChI=1S/C18H25N3O4/c1-20(9-3-5-14-6-4-10-24-14)18(23)19-13-7-8-16-15(11-13)21(2)17(22)12-25-16/h7-8,11,14H,3-6,9-10,12H2,1-2H3,(H,19,23)/t14-/m1/s1. The summed E-state index contributed by atoms with van der Waals surface area (Å²) < 4.78 is 11.0. The first-order valence-corrected chi connectivity index (χ1v) is 8.71. The molecule has 0 bridgehead atoms. The van der Waals surface area contributed by atoms with E-state index in [-0.39, 0.29) is 18.5 Å². The molecule has 3 rings (SSSR count). The summed E-state index contributed by atoms with van der Waals surface area (Å²) in [7, 11) is 3.48. The Morgan fingerprint density at radius 1 is 1.44 bits per heavy atom. The molecule has 1 fully saturated rings. The van der Waals surface area contributed by atoms with Gasteiger partial charge in [0.2, 0.25) is 0 Å². The first-order valence-electron chi connectivity index (χ1n) is 8.71. The number of urea groups is 1. The van der Waals surface area contributed by atoms with Crippen LogP contribution in [0.3, 0.4) is 0 Å². The summed E-state index contributed by atoms with van der Waals surface area (Å²) in [4.78, 5) is 27.3. The summed E-state index contributed by atoms with van der Waals surface area (Å²) in [5, 5.41) is 2.87. The number of anilines is 2. The Bertz CT molecular complexity index is 643. The third-order valence-electron chi connectivity index (χ3n) is 4.69. The molecule has 1 saturated heterocycles. The summed E-state index contributed by atoms with van der Waals surface area (Å²) in [6, 6.07) is 5.13. The fraction of sp³-hybridized carbons (Fsp3) is 0.556. The molecule has 2 aliphatic heterocycles. The van der Waals surface area contributed by atoms with Gasteiger partial charge >= 0.3 is 6.03 Å². The lowest BCUT2D eigenvalue weighted by molar-refractivity contribution is -0.120. The van der Waals surface area contributed by atoms with Gasteiger partial charge in [-0.2, -0.15) is 0 Å². The molecule has 1 atom stereocenters. The molecular formula is C18H25N3O4. The molecule has 0 unspecified atom stereocenters. The number of benzene rings is 1. The average Bonchev–Trinajstić information content (AvgIpc) is 3.12. The van der Waals surface area contributed by atoms with Crippen LogP contribution in [0.5, 0.6) is 5.75 Å². The minimum Gasteiger partial charge on any atom is -0.482 e. The molecule has 136 valence electrons. The van der Waals surface area contributed by atoms with Gasteiger partial charge in [0.1, 0.15) is 5.75 Å². The maximum atomic E-state index is 12.3. The van der Waals surface area contributed by atoms with E-state index >= 15 is 0 Å². The molecule has 1 N–H and O–H groups in total. The summed E-state index contributed by atoms with van der Waals surface area (Å²) in [6.07, 6.45) is 4.52. The third-order valence-corrected chi connectivity index (χ3v) is 4.69. The number of hydrogen-bond donors (Lipinski definition) is 1. The minimum atomic E-state index is -0.169. The van der Waals surface area contributed by atoms with Crippen molar-refractivity contribution >= 4 is 23.3 Å². The van der Waals surface area contributed by atoms with Gasteiger partial charge in [0, 0.05) is 32.9 Å². The van der Waals surface area contributed by atoms with Crippen LogP contribution in [0.2, 0.25) is 0 Å². The SMILES string of the molecule is CN(CCC[C@@H]1CCCO1)C(=O)Nc1ccc2c(c1)N(C)C(=O)CO2. The normalized spacial score (nSPS) is 19.4. The highest BCUT2D eigenvalue weighted by atomic mass is 16.5. The van der Waals surface area contributed by atoms with E-state index in [1.54, 1.807) is 42.1 Å². The molecule has 2 aliphatic rings. The van der Waals surface area contributed by atoms with Crippen LogP contribution >= 0.6 is 0 Å². The number of likely N-dealkylation sites (N-methyl/N-ethyl adjacent to an activating group) is 1. The van der Waals surface area contributed by atoms with Crippen LogP contribution < -0.4 is 15.0 Å². The third kappa shape index (κ3) is 4.22. The monoisotopic (exact) mass is 347 g/mol. The van der Waals surface area contributed by atoms with Gasteiger partial charge in [-0.1, -0.05) is 0 Å². The van der Waals surface area contributed by atoms with Crippen molar-refractivity contribution < 1.29 is 19.1 Å². The lowest BCUT2D eigenvalue weighted by atomic mass is 10.1. The smallest absolute Gasteiger partial charge is 0.321 e. The Morgan fingerprint density at radius 2 is 2.28 bits per heavy atom. The van der Waals surface area contributed by atoms with Gasteiger partial charge < -0.3 is 24.6 Å². The maximum Gasteiger partial charge on any atom is 0.321 e. The van der Waals surface area contributed by atoms with E-state index in [9.17, 15) is 9.59 Å². The van der Waals surface area contributed by atoms with Crippen LogP contribution in [-0.4, -0.2) is 56.8 Å². The predicted octanol–water partition coefficient (Wildman–Crippen LogP) is 2.46. The Balaban J connectivity index is 1.52. The molecule has 1 aromatic rings. The summed E-state index contributed by atoms with van der Waals surface area (Å²) in [5.41, 5.74) is 1.30. The molecule has 3 amide bonds. The Hall–Kier alpha value is -2.28. The van der Waals surface area contributed by atoms with Crippen molar-refractivity contribution in [3.63, 3.8) is 0 Å². The molecule has 7 nitrogen and oxygen atoms in total. The van der Waals surface area contributed by atoms with Crippen LogP contribution in [0.1, 0.15) is 25.7 Å². The highest BCUT2D eigenvalue weighted by Gasteiger charge is 2.23. The number of carbonyl (C=O) groups is 2. The second-order valence-corrected chi connectivity index (χ2v) is 6.55. The Labute approximate surface area is 147 Å². The minimum absolute atomic E-state index is 0.0443. The topological polar surface area (TPSA) is 71.1 Å². The lowest BCUT2D eigenvalue weighted by Gasteiger charge is -2.26. The number of carbonyl (C=O) groups excluding carboxylic acids is 2. The highest BCUT2D eigenvalue weighted by molar-refractivity contribution is 5.99. The van der Waals surface area contributed by atoms with E-state index in [0.717, 1.165) is 32.3 Å². The predicted molar refractivity (Wildman–Crippen MR) is 95.2 cm³/mol. The van der Waals surface area contributed by atoms with Gasteiger partial charge in [0.15, 0.2) is 6.61 Å². The second-order valence-electron chi connectivity index (χ2n) is 6.55. The number of fused-ring (bicyclic) bond motifs is 1. The molecule has 0 spiro atoms. The van der Waals surface area contributed by atoms with E-state index in [0.29, 0.717) is 29.8 Å². The van der Waals surface area contributed by atoms with E-state index in [2.05, 4.69) is 5.32 Å². The van der Waals surface area contributed by atoms with Crippen molar-refractivity contribution in [2.75, 3.05) is 44.1 Å². The van der Waals surface area contributed by atoms with Crippen LogP contribution in [0.15, 0.2) is 18.2 Å². The molecule has 2 heterocycles. The molecule has 0 aromatic heterocycles. The van der Waals surface area contributed by atoms with Crippen molar-refractivity contribution in [2.45, 2.75) is 31.8 Å². The van der Waals surface area contributed by atoms with Gasteiger partial charge in [-0.15, -0.1) is 0 Å². The van der Waals surface area contributed by atoms with Crippen LogP contribution in [0.25, 0.3) is 0 Å². The van der Waals surface area contributed by atoms with Crippen LogP contribution in [0, 0.1) is 0 Å². The van der Waals surface area contributed by atoms with Crippen molar-refractivity contribution in [3.05, 3.63) is 18.2 Å². The zero-order valence-corrected chi connectivity index (χ0v) is 14.8. The summed E-state index contributed by atoms with van der Waals surface area (Å²) in [6.45, 7) is 1.58. The number of hydrogen-bond acceptors (Lipinski definition) is 4. The average molecular weight is 347 g/mol. The molecule has 1 aromatic carbocycles. The summed E-state index contributed by atoms with van der Waals surface area (Å²) >= 11 is 0. The van der Waals surface area contributed by atoms with E-state index in [1.807, 2.05) is 0 Å². The van der Waals surface area contributed by atoms with Crippen molar-refractivity contribution in [1.82, 2.24) is 4.90 Å². The van der Waals surface area contributed by atoms with E-state index in [1.165, 1.54) is 0 Å². The van der Waals surface area contributed by atoms with Gasteiger partial charge in [0.25, 0.3) is 5.91 Å². The zero-order valence-electron chi connectivity index (χ0n) is 14.8.